The first kappa shape index (κ1) is 11.8. The number of carbonyl (C=O) groups is 1. The molecule has 1 saturated heterocycles. The molecule has 0 spiro atoms. The zero-order chi connectivity index (χ0) is 12.3. The summed E-state index contributed by atoms with van der Waals surface area (Å²) in [7, 11) is 0. The fourth-order valence-corrected chi connectivity index (χ4v) is 1.62. The number of ether oxygens (including phenoxy) is 1. The van der Waals surface area contributed by atoms with Crippen LogP contribution in [0.15, 0.2) is 35.4 Å². The summed E-state index contributed by atoms with van der Waals surface area (Å²) >= 11 is 0. The average molecular weight is 232 g/mol. The van der Waals surface area contributed by atoms with E-state index < -0.39 is 0 Å². The Labute approximate surface area is 101 Å². The second-order valence-electron chi connectivity index (χ2n) is 4.68. The Kier molecular flexibility index (Phi) is 3.24. The van der Waals surface area contributed by atoms with Gasteiger partial charge in [0.25, 0.3) is 0 Å². The minimum Gasteiger partial charge on any atom is -0.369 e. The van der Waals surface area contributed by atoms with Gasteiger partial charge >= 0.3 is 0 Å². The Balaban J connectivity index is 2.02. The number of nitrogens with one attached hydrogen (secondary N) is 1. The van der Waals surface area contributed by atoms with Crippen molar-refractivity contribution in [2.45, 2.75) is 25.9 Å². The van der Waals surface area contributed by atoms with E-state index in [4.69, 9.17) is 4.74 Å². The van der Waals surface area contributed by atoms with E-state index in [9.17, 15) is 4.79 Å². The SMILES string of the molecule is CC1(C)CC(=O)C(=NNc2ccccc2)CO1. The van der Waals surface area contributed by atoms with Crippen LogP contribution in [0.4, 0.5) is 5.69 Å². The number of hydrazone groups is 1. The molecule has 1 aromatic rings. The number of ketones is 1. The van der Waals surface area contributed by atoms with Gasteiger partial charge in [0.15, 0.2) is 5.78 Å². The van der Waals surface area contributed by atoms with Crippen molar-refractivity contribution in [3.8, 4) is 0 Å². The molecule has 0 bridgehead atoms. The summed E-state index contributed by atoms with van der Waals surface area (Å²) in [5.41, 5.74) is 3.80. The Morgan fingerprint density at radius 2 is 2.00 bits per heavy atom. The molecule has 0 aliphatic carbocycles. The lowest BCUT2D eigenvalue weighted by Gasteiger charge is -2.29. The molecule has 0 aromatic heterocycles. The molecule has 4 heteroatoms. The van der Waals surface area contributed by atoms with Gasteiger partial charge < -0.3 is 4.74 Å². The molecule has 2 rings (SSSR count). The predicted octanol–water partition coefficient (Wildman–Crippen LogP) is 2.22. The molecule has 1 heterocycles. The van der Waals surface area contributed by atoms with E-state index in [1.807, 2.05) is 44.2 Å². The zero-order valence-corrected chi connectivity index (χ0v) is 10.1. The minimum atomic E-state index is -0.372. The molecular formula is C13H16N2O2. The quantitative estimate of drug-likeness (QED) is 0.795. The highest BCUT2D eigenvalue weighted by Gasteiger charge is 2.31. The number of para-hydroxylation sites is 1. The number of anilines is 1. The second-order valence-corrected chi connectivity index (χ2v) is 4.68. The third-order valence-corrected chi connectivity index (χ3v) is 2.60. The summed E-state index contributed by atoms with van der Waals surface area (Å²) in [5.74, 6) is 0.0460. The average Bonchev–Trinajstić information content (AvgIpc) is 2.28. The lowest BCUT2D eigenvalue weighted by molar-refractivity contribution is -0.122. The van der Waals surface area contributed by atoms with Crippen LogP contribution in [0.5, 0.6) is 0 Å². The summed E-state index contributed by atoms with van der Waals surface area (Å²) < 4.78 is 5.55. The van der Waals surface area contributed by atoms with Crippen molar-refractivity contribution in [2.24, 2.45) is 5.10 Å². The molecule has 0 amide bonds. The number of hydrogen-bond donors (Lipinski definition) is 1. The lowest BCUT2D eigenvalue weighted by Crippen LogP contribution is -2.40. The van der Waals surface area contributed by atoms with Gasteiger partial charge in [-0.25, -0.2) is 0 Å². The first-order valence-electron chi connectivity index (χ1n) is 5.62. The van der Waals surface area contributed by atoms with Gasteiger partial charge in [-0.3, -0.25) is 10.2 Å². The van der Waals surface area contributed by atoms with Gasteiger partial charge in [-0.1, -0.05) is 18.2 Å². The highest BCUT2D eigenvalue weighted by molar-refractivity contribution is 6.41. The number of Topliss-reactive ketones (excluding diaryl/α,β-unsaturated/α-hetero) is 1. The molecule has 1 aliphatic rings. The van der Waals surface area contributed by atoms with Crippen LogP contribution in [-0.2, 0) is 9.53 Å². The van der Waals surface area contributed by atoms with Gasteiger partial charge in [-0.05, 0) is 26.0 Å². The van der Waals surface area contributed by atoms with Crippen molar-refractivity contribution in [3.63, 3.8) is 0 Å². The Morgan fingerprint density at radius 3 is 2.65 bits per heavy atom. The van der Waals surface area contributed by atoms with E-state index in [2.05, 4.69) is 10.5 Å². The summed E-state index contributed by atoms with van der Waals surface area (Å²) in [4.78, 5) is 11.8. The van der Waals surface area contributed by atoms with Crippen LogP contribution in [0.3, 0.4) is 0 Å². The molecule has 1 aromatic carbocycles. The van der Waals surface area contributed by atoms with Crippen LogP contribution >= 0.6 is 0 Å². The third kappa shape index (κ3) is 3.14. The topological polar surface area (TPSA) is 50.7 Å². The first-order chi connectivity index (χ1) is 8.07. The summed E-state index contributed by atoms with van der Waals surface area (Å²) in [5, 5.41) is 4.09. The maximum Gasteiger partial charge on any atom is 0.184 e. The minimum absolute atomic E-state index is 0.0460. The molecule has 1 aliphatic heterocycles. The van der Waals surface area contributed by atoms with E-state index in [-0.39, 0.29) is 18.0 Å². The van der Waals surface area contributed by atoms with E-state index in [1.165, 1.54) is 0 Å². The van der Waals surface area contributed by atoms with Crippen LogP contribution < -0.4 is 5.43 Å². The number of benzene rings is 1. The molecule has 0 unspecified atom stereocenters. The van der Waals surface area contributed by atoms with Crippen LogP contribution in [0.25, 0.3) is 0 Å². The molecule has 1 N–H and O–H groups in total. The largest absolute Gasteiger partial charge is 0.369 e. The summed E-state index contributed by atoms with van der Waals surface area (Å²) in [6.45, 7) is 4.09. The molecule has 1 fully saturated rings. The maximum absolute atomic E-state index is 11.8. The van der Waals surface area contributed by atoms with Crippen molar-refractivity contribution >= 4 is 17.2 Å². The van der Waals surface area contributed by atoms with E-state index in [1.54, 1.807) is 0 Å². The predicted molar refractivity (Wildman–Crippen MR) is 67.2 cm³/mol. The Bertz CT molecular complexity index is 438. The fourth-order valence-electron chi connectivity index (χ4n) is 1.62. The second kappa shape index (κ2) is 4.67. The van der Waals surface area contributed by atoms with Gasteiger partial charge in [-0.2, -0.15) is 5.10 Å². The number of rotatable bonds is 2. The van der Waals surface area contributed by atoms with Gasteiger partial charge in [0.1, 0.15) is 5.71 Å². The van der Waals surface area contributed by atoms with E-state index in [0.29, 0.717) is 12.1 Å². The van der Waals surface area contributed by atoms with Crippen LogP contribution in [0.2, 0.25) is 0 Å². The molecule has 17 heavy (non-hydrogen) atoms. The third-order valence-electron chi connectivity index (χ3n) is 2.60. The smallest absolute Gasteiger partial charge is 0.184 e. The molecule has 0 saturated carbocycles. The molecule has 4 nitrogen and oxygen atoms in total. The maximum atomic E-state index is 11.8. The van der Waals surface area contributed by atoms with Gasteiger partial charge in [0.05, 0.1) is 17.9 Å². The zero-order valence-electron chi connectivity index (χ0n) is 10.1. The highest BCUT2D eigenvalue weighted by Crippen LogP contribution is 2.20. The van der Waals surface area contributed by atoms with E-state index in [0.717, 1.165) is 5.69 Å². The van der Waals surface area contributed by atoms with Gasteiger partial charge in [0, 0.05) is 6.42 Å². The van der Waals surface area contributed by atoms with Crippen molar-refractivity contribution in [1.82, 2.24) is 0 Å². The lowest BCUT2D eigenvalue weighted by atomic mass is 9.96. The molecular weight excluding hydrogens is 216 g/mol. The van der Waals surface area contributed by atoms with Crippen molar-refractivity contribution in [3.05, 3.63) is 30.3 Å². The summed E-state index contributed by atoms with van der Waals surface area (Å²) in [6, 6.07) is 9.52. The standard InChI is InChI=1S/C13H16N2O2/c1-13(2)8-12(16)11(9-17-13)15-14-10-6-4-3-5-7-10/h3-7,14H,8-9H2,1-2H3. The molecule has 0 radical (unpaired) electrons. The highest BCUT2D eigenvalue weighted by atomic mass is 16.5. The Hall–Kier alpha value is -1.68. The summed E-state index contributed by atoms with van der Waals surface area (Å²) in [6.07, 6.45) is 0.377. The number of hydrogen-bond acceptors (Lipinski definition) is 4. The first-order valence-corrected chi connectivity index (χ1v) is 5.62. The normalized spacial score (nSPS) is 21.5. The number of nitrogens with zero attached hydrogens (tertiary/aromatic N) is 1. The van der Waals surface area contributed by atoms with Gasteiger partial charge in [0.2, 0.25) is 0 Å². The van der Waals surface area contributed by atoms with Crippen molar-refractivity contribution in [1.29, 1.82) is 0 Å². The van der Waals surface area contributed by atoms with Crippen LogP contribution in [-0.4, -0.2) is 23.7 Å². The van der Waals surface area contributed by atoms with E-state index >= 15 is 0 Å². The van der Waals surface area contributed by atoms with Gasteiger partial charge in [-0.15, -0.1) is 0 Å². The molecule has 0 atom stereocenters. The van der Waals surface area contributed by atoms with Crippen LogP contribution in [0, 0.1) is 0 Å². The molecule has 90 valence electrons. The van der Waals surface area contributed by atoms with Crippen molar-refractivity contribution in [2.75, 3.05) is 12.0 Å². The number of carbonyl (C=O) groups excluding carboxylic acids is 1. The fraction of sp³-hybridized carbons (Fsp3) is 0.385. The Morgan fingerprint density at radius 1 is 1.29 bits per heavy atom. The monoisotopic (exact) mass is 232 g/mol. The van der Waals surface area contributed by atoms with Crippen LogP contribution in [0.1, 0.15) is 20.3 Å². The van der Waals surface area contributed by atoms with Crippen molar-refractivity contribution < 1.29 is 9.53 Å².